The van der Waals surface area contributed by atoms with Crippen molar-refractivity contribution in [2.24, 2.45) is 0 Å². The summed E-state index contributed by atoms with van der Waals surface area (Å²) < 4.78 is 1.16. The number of halogens is 1. The first kappa shape index (κ1) is 12.2. The van der Waals surface area contributed by atoms with Crippen molar-refractivity contribution in [1.82, 2.24) is 10.3 Å². The van der Waals surface area contributed by atoms with Gasteiger partial charge in [0, 0.05) is 26.5 Å². The van der Waals surface area contributed by atoms with E-state index < -0.39 is 0 Å². The maximum absolute atomic E-state index is 4.53. The normalized spacial score (nSPS) is 12.9. The fraction of sp³-hybridized carbons (Fsp3) is 0.364. The van der Waals surface area contributed by atoms with E-state index in [1.807, 2.05) is 14.0 Å². The van der Waals surface area contributed by atoms with Crippen LogP contribution in [0.3, 0.4) is 0 Å². The Kier molecular flexibility index (Phi) is 4.13. The molecule has 0 aliphatic heterocycles. The van der Waals surface area contributed by atoms with Gasteiger partial charge >= 0.3 is 0 Å². The van der Waals surface area contributed by atoms with Gasteiger partial charge in [-0.15, -0.1) is 22.7 Å². The minimum absolute atomic E-state index is 0.315. The molecule has 0 fully saturated rings. The van der Waals surface area contributed by atoms with Crippen molar-refractivity contribution in [3.63, 3.8) is 0 Å². The lowest BCUT2D eigenvalue weighted by atomic mass is 10.1. The first-order valence-corrected chi connectivity index (χ1v) is 7.56. The van der Waals surface area contributed by atoms with Crippen molar-refractivity contribution >= 4 is 38.6 Å². The molecular formula is C11H13BrN2S2. The molecule has 2 rings (SSSR count). The number of likely N-dealkylation sites (N-methyl/N-ethyl adjacent to an activating group) is 1. The molecule has 1 N–H and O–H groups in total. The van der Waals surface area contributed by atoms with E-state index in [1.165, 1.54) is 4.88 Å². The Morgan fingerprint density at radius 3 is 2.75 bits per heavy atom. The van der Waals surface area contributed by atoms with Crippen LogP contribution in [0.15, 0.2) is 21.3 Å². The van der Waals surface area contributed by atoms with Crippen LogP contribution in [0.4, 0.5) is 0 Å². The Morgan fingerprint density at radius 2 is 2.25 bits per heavy atom. The van der Waals surface area contributed by atoms with Crippen molar-refractivity contribution in [3.05, 3.63) is 36.9 Å². The number of nitrogens with one attached hydrogen (secondary N) is 1. The number of thiazole rings is 1. The average Bonchev–Trinajstić information content (AvgIpc) is 2.84. The van der Waals surface area contributed by atoms with Gasteiger partial charge in [0.1, 0.15) is 0 Å². The molecular weight excluding hydrogens is 304 g/mol. The Hall–Kier alpha value is -0.230. The van der Waals surface area contributed by atoms with E-state index in [-0.39, 0.29) is 0 Å². The Bertz CT molecular complexity index is 464. The Morgan fingerprint density at radius 1 is 1.44 bits per heavy atom. The summed E-state index contributed by atoms with van der Waals surface area (Å²) in [5.74, 6) is 0. The Labute approximate surface area is 112 Å². The van der Waals surface area contributed by atoms with Gasteiger partial charge in [0.05, 0.1) is 16.7 Å². The third kappa shape index (κ3) is 2.91. The molecule has 2 heterocycles. The molecule has 0 aliphatic carbocycles. The van der Waals surface area contributed by atoms with Gasteiger partial charge in [-0.3, -0.25) is 0 Å². The summed E-state index contributed by atoms with van der Waals surface area (Å²) in [6.07, 6.45) is 0.996. The smallest absolute Gasteiger partial charge is 0.0898 e. The molecule has 0 amide bonds. The van der Waals surface area contributed by atoms with Crippen LogP contribution < -0.4 is 5.32 Å². The first-order valence-electron chi connectivity index (χ1n) is 5.01. The molecule has 0 aliphatic rings. The standard InChI is InChI=1S/C11H13BrN2S2/c1-7-14-11(6-15-7)10(13-2)4-9-3-8(12)5-16-9/h3,5-6,10,13H,4H2,1-2H3. The van der Waals surface area contributed by atoms with E-state index in [4.69, 9.17) is 0 Å². The molecule has 16 heavy (non-hydrogen) atoms. The number of aryl methyl sites for hydroxylation is 1. The summed E-state index contributed by atoms with van der Waals surface area (Å²) in [5, 5.41) is 8.71. The summed E-state index contributed by atoms with van der Waals surface area (Å²) in [7, 11) is 1.99. The molecule has 1 atom stereocenters. The lowest BCUT2D eigenvalue weighted by Gasteiger charge is -2.12. The first-order chi connectivity index (χ1) is 7.69. The fourth-order valence-electron chi connectivity index (χ4n) is 1.56. The highest BCUT2D eigenvalue weighted by Gasteiger charge is 2.14. The van der Waals surface area contributed by atoms with Gasteiger partial charge in [-0.2, -0.15) is 0 Å². The van der Waals surface area contributed by atoms with Gasteiger partial charge in [-0.1, -0.05) is 0 Å². The van der Waals surface area contributed by atoms with Gasteiger partial charge in [-0.05, 0) is 36.0 Å². The SMILES string of the molecule is CNC(Cc1cc(Br)cs1)c1csc(C)n1. The monoisotopic (exact) mass is 316 g/mol. The lowest BCUT2D eigenvalue weighted by molar-refractivity contribution is 0.582. The predicted octanol–water partition coefficient (Wildman–Crippen LogP) is 3.78. The molecule has 0 saturated heterocycles. The van der Waals surface area contributed by atoms with E-state index in [0.29, 0.717) is 6.04 Å². The highest BCUT2D eigenvalue weighted by Crippen LogP contribution is 2.26. The number of hydrogen-bond acceptors (Lipinski definition) is 4. The van der Waals surface area contributed by atoms with E-state index in [2.05, 4.69) is 43.1 Å². The molecule has 2 aromatic rings. The van der Waals surface area contributed by atoms with Gasteiger partial charge in [-0.25, -0.2) is 4.98 Å². The van der Waals surface area contributed by atoms with Gasteiger partial charge in [0.25, 0.3) is 0 Å². The maximum atomic E-state index is 4.53. The predicted molar refractivity (Wildman–Crippen MR) is 74.4 cm³/mol. The van der Waals surface area contributed by atoms with Crippen molar-refractivity contribution in [1.29, 1.82) is 0 Å². The van der Waals surface area contributed by atoms with Crippen molar-refractivity contribution in [2.75, 3.05) is 7.05 Å². The largest absolute Gasteiger partial charge is 0.311 e. The maximum Gasteiger partial charge on any atom is 0.0898 e. The van der Waals surface area contributed by atoms with E-state index >= 15 is 0 Å². The van der Waals surface area contributed by atoms with Crippen LogP contribution in [0.2, 0.25) is 0 Å². The molecule has 0 spiro atoms. The molecule has 0 radical (unpaired) electrons. The second-order valence-electron chi connectivity index (χ2n) is 3.57. The highest BCUT2D eigenvalue weighted by atomic mass is 79.9. The van der Waals surface area contributed by atoms with Crippen molar-refractivity contribution in [2.45, 2.75) is 19.4 Å². The van der Waals surface area contributed by atoms with Crippen LogP contribution in [0.25, 0.3) is 0 Å². The van der Waals surface area contributed by atoms with Crippen molar-refractivity contribution < 1.29 is 0 Å². The summed E-state index contributed by atoms with van der Waals surface area (Å²) in [6, 6.07) is 2.49. The highest BCUT2D eigenvalue weighted by molar-refractivity contribution is 9.10. The molecule has 0 aromatic carbocycles. The number of nitrogens with zero attached hydrogens (tertiary/aromatic N) is 1. The molecule has 1 unspecified atom stereocenters. The number of rotatable bonds is 4. The number of hydrogen-bond donors (Lipinski definition) is 1. The number of aromatic nitrogens is 1. The Balaban J connectivity index is 2.12. The van der Waals surface area contributed by atoms with E-state index in [0.717, 1.165) is 21.6 Å². The zero-order valence-corrected chi connectivity index (χ0v) is 12.4. The van der Waals surface area contributed by atoms with Crippen LogP contribution in [-0.2, 0) is 6.42 Å². The molecule has 0 bridgehead atoms. The molecule has 86 valence electrons. The minimum atomic E-state index is 0.315. The van der Waals surface area contributed by atoms with Crippen LogP contribution in [0, 0.1) is 6.92 Å². The van der Waals surface area contributed by atoms with E-state index in [9.17, 15) is 0 Å². The van der Waals surface area contributed by atoms with Gasteiger partial charge < -0.3 is 5.32 Å². The zero-order chi connectivity index (χ0) is 11.5. The number of thiophene rings is 1. The zero-order valence-electron chi connectivity index (χ0n) is 9.16. The van der Waals surface area contributed by atoms with Crippen LogP contribution in [0.5, 0.6) is 0 Å². The second kappa shape index (κ2) is 5.40. The minimum Gasteiger partial charge on any atom is -0.311 e. The van der Waals surface area contributed by atoms with E-state index in [1.54, 1.807) is 22.7 Å². The second-order valence-corrected chi connectivity index (χ2v) is 6.54. The summed E-state index contributed by atoms with van der Waals surface area (Å²) in [5.41, 5.74) is 1.15. The topological polar surface area (TPSA) is 24.9 Å². The van der Waals surface area contributed by atoms with Crippen LogP contribution >= 0.6 is 38.6 Å². The molecule has 2 nitrogen and oxygen atoms in total. The molecule has 2 aromatic heterocycles. The molecule has 5 heteroatoms. The van der Waals surface area contributed by atoms with Gasteiger partial charge in [0.15, 0.2) is 0 Å². The fourth-order valence-corrected chi connectivity index (χ4v) is 3.72. The third-order valence-electron chi connectivity index (χ3n) is 2.37. The molecule has 0 saturated carbocycles. The van der Waals surface area contributed by atoms with Crippen LogP contribution in [0.1, 0.15) is 21.6 Å². The summed E-state index contributed by atoms with van der Waals surface area (Å²) >= 11 is 6.97. The average molecular weight is 317 g/mol. The lowest BCUT2D eigenvalue weighted by Crippen LogP contribution is -2.18. The summed E-state index contributed by atoms with van der Waals surface area (Å²) in [6.45, 7) is 2.04. The quantitative estimate of drug-likeness (QED) is 0.928. The third-order valence-corrected chi connectivity index (χ3v) is 4.88. The van der Waals surface area contributed by atoms with Crippen LogP contribution in [-0.4, -0.2) is 12.0 Å². The summed E-state index contributed by atoms with van der Waals surface area (Å²) in [4.78, 5) is 5.91. The van der Waals surface area contributed by atoms with Crippen molar-refractivity contribution in [3.8, 4) is 0 Å². The van der Waals surface area contributed by atoms with Gasteiger partial charge in [0.2, 0.25) is 0 Å².